The van der Waals surface area contributed by atoms with Crippen LogP contribution in [0.5, 0.6) is 5.75 Å². The molecular formula is C19H23FN3O2+. The fourth-order valence-electron chi connectivity index (χ4n) is 3.02. The van der Waals surface area contributed by atoms with Crippen molar-refractivity contribution in [3.63, 3.8) is 0 Å². The maximum absolute atomic E-state index is 13.5. The third kappa shape index (κ3) is 4.48. The molecule has 0 unspecified atom stereocenters. The second-order valence-electron chi connectivity index (χ2n) is 6.44. The number of aromatic hydroxyl groups is 1. The van der Waals surface area contributed by atoms with Crippen LogP contribution in [0.15, 0.2) is 42.5 Å². The van der Waals surface area contributed by atoms with Crippen LogP contribution in [0.1, 0.15) is 5.56 Å². The molecular weight excluding hydrogens is 321 g/mol. The van der Waals surface area contributed by atoms with Crippen molar-refractivity contribution >= 4 is 17.3 Å². The number of benzene rings is 2. The number of anilines is 2. The minimum absolute atomic E-state index is 0.101. The minimum Gasteiger partial charge on any atom is -0.508 e. The summed E-state index contributed by atoms with van der Waals surface area (Å²) in [6.07, 6.45) is 0. The average Bonchev–Trinajstić information content (AvgIpc) is 2.60. The molecule has 0 atom stereocenters. The molecule has 1 saturated heterocycles. The van der Waals surface area contributed by atoms with E-state index in [1.54, 1.807) is 31.2 Å². The molecule has 1 aliphatic rings. The van der Waals surface area contributed by atoms with E-state index in [1.165, 1.54) is 11.0 Å². The smallest absolute Gasteiger partial charge is 0.279 e. The number of rotatable bonds is 4. The fraction of sp³-hybridized carbons (Fsp3) is 0.316. The van der Waals surface area contributed by atoms with Crippen molar-refractivity contribution in [1.29, 1.82) is 0 Å². The number of phenolic OH excluding ortho intramolecular Hbond substituents is 1. The molecule has 0 aliphatic carbocycles. The van der Waals surface area contributed by atoms with Crippen molar-refractivity contribution in [3.05, 3.63) is 53.8 Å². The van der Waals surface area contributed by atoms with Crippen molar-refractivity contribution in [3.8, 4) is 5.75 Å². The van der Waals surface area contributed by atoms with Gasteiger partial charge in [-0.1, -0.05) is 6.07 Å². The van der Waals surface area contributed by atoms with E-state index in [0.717, 1.165) is 31.9 Å². The van der Waals surface area contributed by atoms with E-state index in [9.17, 15) is 14.3 Å². The van der Waals surface area contributed by atoms with E-state index < -0.39 is 0 Å². The zero-order chi connectivity index (χ0) is 17.8. The third-order valence-corrected chi connectivity index (χ3v) is 4.55. The predicted molar refractivity (Wildman–Crippen MR) is 95.7 cm³/mol. The molecule has 0 saturated carbocycles. The second kappa shape index (κ2) is 7.53. The number of aryl methyl sites for hydroxylation is 1. The highest BCUT2D eigenvalue weighted by atomic mass is 19.1. The Bertz CT molecular complexity index is 741. The molecule has 132 valence electrons. The third-order valence-electron chi connectivity index (χ3n) is 4.55. The fourth-order valence-corrected chi connectivity index (χ4v) is 3.02. The number of nitrogens with zero attached hydrogens (tertiary/aromatic N) is 1. The van der Waals surface area contributed by atoms with Gasteiger partial charge < -0.3 is 20.2 Å². The Labute approximate surface area is 146 Å². The second-order valence-corrected chi connectivity index (χ2v) is 6.44. The van der Waals surface area contributed by atoms with Gasteiger partial charge in [0.25, 0.3) is 5.91 Å². The summed E-state index contributed by atoms with van der Waals surface area (Å²) in [5, 5.41) is 12.1. The molecule has 6 heteroatoms. The van der Waals surface area contributed by atoms with Gasteiger partial charge in [-0.3, -0.25) is 4.79 Å². The van der Waals surface area contributed by atoms with Crippen LogP contribution in [0.25, 0.3) is 0 Å². The average molecular weight is 344 g/mol. The SMILES string of the molecule is Cc1ccc(NC(=O)C[NH+]2CCN(c3ccc(O)cc3)CC2)cc1F. The van der Waals surface area contributed by atoms with Gasteiger partial charge in [0.2, 0.25) is 0 Å². The largest absolute Gasteiger partial charge is 0.508 e. The normalized spacial score (nSPS) is 15.2. The number of hydrogen-bond donors (Lipinski definition) is 3. The summed E-state index contributed by atoms with van der Waals surface area (Å²) in [5.41, 5.74) is 2.14. The molecule has 0 radical (unpaired) electrons. The van der Waals surface area contributed by atoms with Gasteiger partial charge in [-0.05, 0) is 48.9 Å². The summed E-state index contributed by atoms with van der Waals surface area (Å²) in [7, 11) is 0. The molecule has 1 aliphatic heterocycles. The van der Waals surface area contributed by atoms with E-state index >= 15 is 0 Å². The number of amides is 1. The van der Waals surface area contributed by atoms with Crippen molar-refractivity contribution in [1.82, 2.24) is 0 Å². The van der Waals surface area contributed by atoms with Crippen LogP contribution in [-0.2, 0) is 4.79 Å². The first kappa shape index (κ1) is 17.2. The maximum atomic E-state index is 13.5. The van der Waals surface area contributed by atoms with Crippen molar-refractivity contribution < 1.29 is 19.2 Å². The number of piperazine rings is 1. The number of carbonyl (C=O) groups excluding carboxylic acids is 1. The first-order valence-corrected chi connectivity index (χ1v) is 8.45. The summed E-state index contributed by atoms with van der Waals surface area (Å²) >= 11 is 0. The van der Waals surface area contributed by atoms with Crippen LogP contribution in [0.3, 0.4) is 0 Å². The van der Waals surface area contributed by atoms with E-state index in [1.807, 2.05) is 12.1 Å². The van der Waals surface area contributed by atoms with Gasteiger partial charge in [0.1, 0.15) is 11.6 Å². The lowest BCUT2D eigenvalue weighted by Crippen LogP contribution is -3.15. The van der Waals surface area contributed by atoms with Gasteiger partial charge in [-0.2, -0.15) is 0 Å². The molecule has 3 N–H and O–H groups in total. The van der Waals surface area contributed by atoms with Gasteiger partial charge in [0.05, 0.1) is 26.2 Å². The van der Waals surface area contributed by atoms with Crippen LogP contribution in [0.4, 0.5) is 15.8 Å². The molecule has 1 amide bonds. The standard InChI is InChI=1S/C19H22FN3O2/c1-14-2-3-15(12-18(14)20)21-19(25)13-22-8-10-23(11-9-22)16-4-6-17(24)7-5-16/h2-7,12,24H,8-11,13H2,1H3,(H,21,25)/p+1. The van der Waals surface area contributed by atoms with E-state index in [2.05, 4.69) is 10.2 Å². The van der Waals surface area contributed by atoms with Gasteiger partial charge >= 0.3 is 0 Å². The Morgan fingerprint density at radius 2 is 1.88 bits per heavy atom. The Morgan fingerprint density at radius 3 is 2.52 bits per heavy atom. The summed E-state index contributed by atoms with van der Waals surface area (Å²) < 4.78 is 13.5. The molecule has 3 rings (SSSR count). The summed E-state index contributed by atoms with van der Waals surface area (Å²) in [6.45, 7) is 5.49. The van der Waals surface area contributed by atoms with Gasteiger partial charge in [-0.25, -0.2) is 4.39 Å². The van der Waals surface area contributed by atoms with Crippen LogP contribution < -0.4 is 15.1 Å². The van der Waals surface area contributed by atoms with Crippen molar-refractivity contribution in [2.24, 2.45) is 0 Å². The lowest BCUT2D eigenvalue weighted by Gasteiger charge is -2.33. The number of quaternary nitrogens is 1. The highest BCUT2D eigenvalue weighted by Crippen LogP contribution is 2.18. The van der Waals surface area contributed by atoms with Gasteiger partial charge in [-0.15, -0.1) is 0 Å². The summed E-state index contributed by atoms with van der Waals surface area (Å²) in [6, 6.07) is 11.9. The number of hydrogen-bond acceptors (Lipinski definition) is 3. The van der Waals surface area contributed by atoms with E-state index in [0.29, 0.717) is 17.8 Å². The number of halogens is 1. The number of nitrogens with one attached hydrogen (secondary N) is 2. The van der Waals surface area contributed by atoms with Crippen molar-refractivity contribution in [2.75, 3.05) is 42.9 Å². The Balaban J connectivity index is 1.49. The lowest BCUT2D eigenvalue weighted by molar-refractivity contribution is -0.892. The monoisotopic (exact) mass is 344 g/mol. The molecule has 25 heavy (non-hydrogen) atoms. The highest BCUT2D eigenvalue weighted by molar-refractivity contribution is 5.91. The number of carbonyl (C=O) groups is 1. The molecule has 0 aromatic heterocycles. The lowest BCUT2D eigenvalue weighted by atomic mass is 10.2. The van der Waals surface area contributed by atoms with Crippen LogP contribution >= 0.6 is 0 Å². The van der Waals surface area contributed by atoms with Gasteiger partial charge in [0.15, 0.2) is 6.54 Å². The van der Waals surface area contributed by atoms with Crippen molar-refractivity contribution in [2.45, 2.75) is 6.92 Å². The molecule has 0 bridgehead atoms. The molecule has 1 fully saturated rings. The highest BCUT2D eigenvalue weighted by Gasteiger charge is 2.22. The topological polar surface area (TPSA) is 57.0 Å². The Hall–Kier alpha value is -2.60. The zero-order valence-electron chi connectivity index (χ0n) is 14.3. The quantitative estimate of drug-likeness (QED) is 0.781. The summed E-state index contributed by atoms with van der Waals surface area (Å²) in [5.74, 6) is -0.152. The molecule has 5 nitrogen and oxygen atoms in total. The molecule has 2 aromatic rings. The first-order chi connectivity index (χ1) is 12.0. The van der Waals surface area contributed by atoms with Gasteiger partial charge in [0, 0.05) is 11.4 Å². The number of phenols is 1. The Morgan fingerprint density at radius 1 is 1.20 bits per heavy atom. The van der Waals surface area contributed by atoms with E-state index in [-0.39, 0.29) is 17.5 Å². The van der Waals surface area contributed by atoms with Crippen LogP contribution in [0, 0.1) is 12.7 Å². The minimum atomic E-state index is -0.312. The Kier molecular flexibility index (Phi) is 5.19. The predicted octanol–water partition coefficient (Wildman–Crippen LogP) is 1.18. The molecule has 1 heterocycles. The zero-order valence-corrected chi connectivity index (χ0v) is 14.3. The molecule has 2 aromatic carbocycles. The first-order valence-electron chi connectivity index (χ1n) is 8.45. The maximum Gasteiger partial charge on any atom is 0.279 e. The molecule has 0 spiro atoms. The van der Waals surface area contributed by atoms with Crippen LogP contribution in [0.2, 0.25) is 0 Å². The van der Waals surface area contributed by atoms with Crippen LogP contribution in [-0.4, -0.2) is 43.7 Å². The summed E-state index contributed by atoms with van der Waals surface area (Å²) in [4.78, 5) is 15.6. The van der Waals surface area contributed by atoms with E-state index in [4.69, 9.17) is 0 Å².